The van der Waals surface area contributed by atoms with Crippen LogP contribution in [-0.4, -0.2) is 44.0 Å². The lowest BCUT2D eigenvalue weighted by Crippen LogP contribution is -2.32. The van der Waals surface area contributed by atoms with Gasteiger partial charge in [-0.15, -0.1) is 0 Å². The molecule has 2 aromatic rings. The molecule has 0 saturated carbocycles. The number of hydrogen-bond acceptors (Lipinski definition) is 7. The van der Waals surface area contributed by atoms with E-state index in [1.165, 1.54) is 29.6 Å². The van der Waals surface area contributed by atoms with Gasteiger partial charge in [-0.3, -0.25) is 0 Å². The predicted molar refractivity (Wildman–Crippen MR) is 101 cm³/mol. The number of sulfonamides is 1. The van der Waals surface area contributed by atoms with Gasteiger partial charge in [-0.2, -0.15) is 4.31 Å². The molecule has 0 atom stereocenters. The monoisotopic (exact) mass is 408 g/mol. The molecule has 1 fully saturated rings. The molecule has 1 aromatic heterocycles. The minimum absolute atomic E-state index is 0.0261. The summed E-state index contributed by atoms with van der Waals surface area (Å²) in [5, 5.41) is 3.73. The van der Waals surface area contributed by atoms with Crippen molar-refractivity contribution in [1.29, 1.82) is 0 Å². The molecule has 0 bridgehead atoms. The first-order valence-electron chi connectivity index (χ1n) is 9.19. The Hall–Kier alpha value is -2.39. The van der Waals surface area contributed by atoms with Gasteiger partial charge in [0.2, 0.25) is 10.0 Å². The summed E-state index contributed by atoms with van der Waals surface area (Å²) in [6.07, 6.45) is 3.66. The minimum Gasteiger partial charge on any atom is -0.495 e. The molecule has 8 nitrogen and oxygen atoms in total. The van der Waals surface area contributed by atoms with E-state index in [2.05, 4.69) is 5.16 Å². The van der Waals surface area contributed by atoms with Crippen LogP contribution in [0.4, 0.5) is 0 Å². The molecule has 2 heterocycles. The van der Waals surface area contributed by atoms with Crippen LogP contribution in [0.2, 0.25) is 0 Å². The Morgan fingerprint density at radius 2 is 1.89 bits per heavy atom. The smallest absolute Gasteiger partial charge is 0.338 e. The van der Waals surface area contributed by atoms with Crippen molar-refractivity contribution < 1.29 is 27.2 Å². The second-order valence-electron chi connectivity index (χ2n) is 6.69. The molecule has 9 heteroatoms. The second-order valence-corrected chi connectivity index (χ2v) is 8.60. The fourth-order valence-corrected chi connectivity index (χ4v) is 4.83. The average molecular weight is 408 g/mol. The molecular weight excluding hydrogens is 384 g/mol. The number of methoxy groups -OCH3 is 1. The molecule has 0 spiro atoms. The number of carbonyl (C=O) groups excluding carboxylic acids is 1. The van der Waals surface area contributed by atoms with Gasteiger partial charge in [0.25, 0.3) is 0 Å². The van der Waals surface area contributed by atoms with Crippen LogP contribution in [-0.2, 0) is 21.4 Å². The summed E-state index contributed by atoms with van der Waals surface area (Å²) in [7, 11) is -2.37. The van der Waals surface area contributed by atoms with E-state index in [9.17, 15) is 13.2 Å². The highest BCUT2D eigenvalue weighted by Crippen LogP contribution is 2.29. The Labute approximate surface area is 164 Å². The van der Waals surface area contributed by atoms with Crippen LogP contribution in [0.1, 0.15) is 47.5 Å². The Morgan fingerprint density at radius 1 is 1.18 bits per heavy atom. The number of hydrogen-bond donors (Lipinski definition) is 0. The van der Waals surface area contributed by atoms with Gasteiger partial charge in [0.1, 0.15) is 10.6 Å². The van der Waals surface area contributed by atoms with Crippen LogP contribution < -0.4 is 4.74 Å². The normalized spacial score (nSPS) is 15.8. The van der Waals surface area contributed by atoms with Crippen molar-refractivity contribution in [2.24, 2.45) is 0 Å². The number of ether oxygens (including phenoxy) is 2. The number of aromatic nitrogens is 1. The zero-order valence-corrected chi connectivity index (χ0v) is 16.8. The topological polar surface area (TPSA) is 98.9 Å². The SMILES string of the molecule is COc1ccc(C(=O)OCc2cc(C)no2)cc1S(=O)(=O)N1CCCCCC1. The van der Waals surface area contributed by atoms with Crippen molar-refractivity contribution in [2.45, 2.75) is 44.1 Å². The van der Waals surface area contributed by atoms with Crippen LogP contribution in [0.5, 0.6) is 5.75 Å². The summed E-state index contributed by atoms with van der Waals surface area (Å²) >= 11 is 0. The van der Waals surface area contributed by atoms with Crippen LogP contribution in [0.15, 0.2) is 33.7 Å². The van der Waals surface area contributed by atoms with Crippen molar-refractivity contribution in [1.82, 2.24) is 9.46 Å². The van der Waals surface area contributed by atoms with E-state index >= 15 is 0 Å². The van der Waals surface area contributed by atoms with Gasteiger partial charge < -0.3 is 14.0 Å². The molecule has 0 unspecified atom stereocenters. The van der Waals surface area contributed by atoms with E-state index in [1.807, 2.05) is 0 Å². The maximum absolute atomic E-state index is 13.1. The number of benzene rings is 1. The predicted octanol–water partition coefficient (Wildman–Crippen LogP) is 2.91. The lowest BCUT2D eigenvalue weighted by molar-refractivity contribution is 0.0437. The molecule has 0 N–H and O–H groups in total. The molecule has 28 heavy (non-hydrogen) atoms. The molecule has 3 rings (SSSR count). The van der Waals surface area contributed by atoms with E-state index in [0.29, 0.717) is 24.5 Å². The van der Waals surface area contributed by atoms with Gasteiger partial charge in [-0.25, -0.2) is 13.2 Å². The van der Waals surface area contributed by atoms with Crippen LogP contribution in [0.3, 0.4) is 0 Å². The van der Waals surface area contributed by atoms with Crippen molar-refractivity contribution in [3.63, 3.8) is 0 Å². The molecule has 0 amide bonds. The highest BCUT2D eigenvalue weighted by atomic mass is 32.2. The summed E-state index contributed by atoms with van der Waals surface area (Å²) in [5.74, 6) is -0.0348. The first-order chi connectivity index (χ1) is 13.4. The number of rotatable bonds is 6. The van der Waals surface area contributed by atoms with Crippen molar-refractivity contribution >= 4 is 16.0 Å². The van der Waals surface area contributed by atoms with Gasteiger partial charge in [0.15, 0.2) is 12.4 Å². The standard InChI is InChI=1S/C19H24N2O6S/c1-14-11-16(27-20-14)13-26-19(22)15-7-8-17(25-2)18(12-15)28(23,24)21-9-5-3-4-6-10-21/h7-8,11-12H,3-6,9-10,13H2,1-2H3. The van der Waals surface area contributed by atoms with E-state index in [4.69, 9.17) is 14.0 Å². The zero-order valence-electron chi connectivity index (χ0n) is 16.0. The van der Waals surface area contributed by atoms with Crippen LogP contribution in [0, 0.1) is 6.92 Å². The Morgan fingerprint density at radius 3 is 2.50 bits per heavy atom. The summed E-state index contributed by atoms with van der Waals surface area (Å²) in [4.78, 5) is 12.4. The van der Waals surface area contributed by atoms with Crippen LogP contribution >= 0.6 is 0 Å². The van der Waals surface area contributed by atoms with Gasteiger partial charge in [-0.05, 0) is 38.0 Å². The molecular formula is C19H24N2O6S. The quantitative estimate of drug-likeness (QED) is 0.678. The van der Waals surface area contributed by atoms with Gasteiger partial charge in [0, 0.05) is 19.2 Å². The number of esters is 1. The summed E-state index contributed by atoms with van der Waals surface area (Å²) in [5.41, 5.74) is 0.812. The van der Waals surface area contributed by atoms with E-state index in [-0.39, 0.29) is 22.8 Å². The van der Waals surface area contributed by atoms with Crippen LogP contribution in [0.25, 0.3) is 0 Å². The molecule has 0 aliphatic carbocycles. The van der Waals surface area contributed by atoms with Crippen molar-refractivity contribution in [2.75, 3.05) is 20.2 Å². The fourth-order valence-electron chi connectivity index (χ4n) is 3.13. The van der Waals surface area contributed by atoms with E-state index in [0.717, 1.165) is 25.7 Å². The Bertz CT molecular complexity index is 930. The number of nitrogens with zero attached hydrogens (tertiary/aromatic N) is 2. The van der Waals surface area contributed by atoms with Gasteiger partial charge in [0.05, 0.1) is 18.4 Å². The summed E-state index contributed by atoms with van der Waals surface area (Å²) in [6, 6.07) is 5.93. The largest absolute Gasteiger partial charge is 0.495 e. The lowest BCUT2D eigenvalue weighted by atomic mass is 10.2. The second kappa shape index (κ2) is 8.74. The zero-order chi connectivity index (χ0) is 20.1. The molecule has 152 valence electrons. The highest BCUT2D eigenvalue weighted by Gasteiger charge is 2.29. The maximum atomic E-state index is 13.1. The third-order valence-electron chi connectivity index (χ3n) is 4.60. The Kier molecular flexibility index (Phi) is 6.35. The fraction of sp³-hybridized carbons (Fsp3) is 0.474. The molecule has 1 aliphatic heterocycles. The Balaban J connectivity index is 1.83. The summed E-state index contributed by atoms with van der Waals surface area (Å²) in [6.45, 7) is 2.61. The first kappa shape index (κ1) is 20.3. The third-order valence-corrected chi connectivity index (χ3v) is 6.52. The molecule has 0 radical (unpaired) electrons. The molecule has 1 aromatic carbocycles. The minimum atomic E-state index is -3.78. The van der Waals surface area contributed by atoms with E-state index < -0.39 is 16.0 Å². The molecule has 1 aliphatic rings. The van der Waals surface area contributed by atoms with Crippen molar-refractivity contribution in [3.8, 4) is 5.75 Å². The van der Waals surface area contributed by atoms with E-state index in [1.54, 1.807) is 13.0 Å². The number of aryl methyl sites for hydroxylation is 1. The van der Waals surface area contributed by atoms with Crippen molar-refractivity contribution in [3.05, 3.63) is 41.3 Å². The van der Waals surface area contributed by atoms with Gasteiger partial charge in [-0.1, -0.05) is 18.0 Å². The average Bonchev–Trinajstić information content (AvgIpc) is 2.93. The highest BCUT2D eigenvalue weighted by molar-refractivity contribution is 7.89. The number of carbonyl (C=O) groups is 1. The third kappa shape index (κ3) is 4.53. The lowest BCUT2D eigenvalue weighted by Gasteiger charge is -2.21. The van der Waals surface area contributed by atoms with Gasteiger partial charge >= 0.3 is 5.97 Å². The molecule has 1 saturated heterocycles. The first-order valence-corrected chi connectivity index (χ1v) is 10.6. The summed E-state index contributed by atoms with van der Waals surface area (Å²) < 4.78 is 43.2. The maximum Gasteiger partial charge on any atom is 0.338 e.